The molecular formula is C15H19N9O8S2. The van der Waals surface area contributed by atoms with E-state index in [-0.39, 0.29) is 27.5 Å². The number of aromatic nitrogens is 5. The Kier molecular flexibility index (Phi) is 6.53. The Bertz CT molecular complexity index is 1270. The van der Waals surface area contributed by atoms with E-state index in [0.717, 1.165) is 16.1 Å². The number of nitrogens with zero attached hydrogens (tertiary/aromatic N) is 7. The number of amides is 2. The van der Waals surface area contributed by atoms with Crippen LogP contribution in [-0.4, -0.2) is 88.8 Å². The van der Waals surface area contributed by atoms with E-state index in [1.807, 2.05) is 0 Å². The van der Waals surface area contributed by atoms with Crippen molar-refractivity contribution in [3.63, 3.8) is 0 Å². The van der Waals surface area contributed by atoms with Gasteiger partial charge >= 0.3 is 16.3 Å². The number of β-lactam (4-membered cyclic amide) rings is 1. The fourth-order valence-electron chi connectivity index (χ4n) is 2.72. The summed E-state index contributed by atoms with van der Waals surface area (Å²) in [6, 6.07) is -2.76. The molecule has 0 radical (unpaired) electrons. The number of thiazole rings is 1. The van der Waals surface area contributed by atoms with Crippen molar-refractivity contribution < 1.29 is 37.3 Å². The Labute approximate surface area is 195 Å². The number of carboxylic acid groups (broad SMARTS) is 1. The van der Waals surface area contributed by atoms with Crippen molar-refractivity contribution in [3.05, 3.63) is 16.9 Å². The highest BCUT2D eigenvalue weighted by atomic mass is 32.2. The molecule has 184 valence electrons. The molecule has 0 aromatic carbocycles. The number of aryl methyl sites for hydroxylation is 1. The highest BCUT2D eigenvalue weighted by molar-refractivity contribution is 7.84. The number of hydrogen-bond donors (Lipinski definition) is 4. The molecule has 5 N–H and O–H groups in total. The summed E-state index contributed by atoms with van der Waals surface area (Å²) in [5, 5.41) is 27.7. The van der Waals surface area contributed by atoms with Crippen LogP contribution in [0, 0.1) is 6.92 Å². The fraction of sp³-hybridized carbons (Fsp3) is 0.467. The number of carbonyl (C=O) groups is 3. The molecule has 0 spiro atoms. The molecule has 34 heavy (non-hydrogen) atoms. The first-order valence-electron chi connectivity index (χ1n) is 9.27. The number of oxime groups is 1. The lowest BCUT2D eigenvalue weighted by Crippen LogP contribution is -2.73. The van der Waals surface area contributed by atoms with Crippen molar-refractivity contribution in [2.24, 2.45) is 5.16 Å². The Balaban J connectivity index is 1.89. The van der Waals surface area contributed by atoms with Gasteiger partial charge in [0.15, 0.2) is 16.7 Å². The molecule has 2 atom stereocenters. The second-order valence-electron chi connectivity index (χ2n) is 7.44. The van der Waals surface area contributed by atoms with Crippen LogP contribution in [0.2, 0.25) is 0 Å². The maximum Gasteiger partial charge on any atom is 0.362 e. The average molecular weight is 518 g/mol. The zero-order valence-corrected chi connectivity index (χ0v) is 19.4. The van der Waals surface area contributed by atoms with Crippen LogP contribution in [0.1, 0.15) is 25.4 Å². The van der Waals surface area contributed by atoms with Gasteiger partial charge in [-0.2, -0.15) is 13.2 Å². The Morgan fingerprint density at radius 1 is 1.41 bits per heavy atom. The minimum absolute atomic E-state index is 0.0655. The van der Waals surface area contributed by atoms with E-state index in [2.05, 4.69) is 30.9 Å². The molecule has 1 aliphatic heterocycles. The van der Waals surface area contributed by atoms with Gasteiger partial charge in [0.1, 0.15) is 17.8 Å². The van der Waals surface area contributed by atoms with Crippen LogP contribution in [0.5, 0.6) is 0 Å². The summed E-state index contributed by atoms with van der Waals surface area (Å²) in [5.74, 6) is -3.30. The molecule has 3 heterocycles. The molecule has 3 rings (SSSR count). The van der Waals surface area contributed by atoms with E-state index >= 15 is 0 Å². The summed E-state index contributed by atoms with van der Waals surface area (Å²) in [4.78, 5) is 46.6. The van der Waals surface area contributed by atoms with Crippen molar-refractivity contribution in [1.29, 1.82) is 0 Å². The number of rotatable bonds is 9. The molecule has 19 heteroatoms. The second-order valence-corrected chi connectivity index (χ2v) is 9.62. The number of hydrogen-bond acceptors (Lipinski definition) is 13. The molecular weight excluding hydrogens is 498 g/mol. The highest BCUT2D eigenvalue weighted by Crippen LogP contribution is 2.25. The van der Waals surface area contributed by atoms with Crippen LogP contribution in [0.4, 0.5) is 5.13 Å². The molecule has 1 saturated heterocycles. The van der Waals surface area contributed by atoms with Gasteiger partial charge in [-0.05, 0) is 26.0 Å². The van der Waals surface area contributed by atoms with Gasteiger partial charge in [-0.25, -0.2) is 14.1 Å². The largest absolute Gasteiger partial charge is 0.478 e. The van der Waals surface area contributed by atoms with Crippen LogP contribution in [0.25, 0.3) is 0 Å². The van der Waals surface area contributed by atoms with E-state index in [0.29, 0.717) is 0 Å². The smallest absolute Gasteiger partial charge is 0.362 e. The van der Waals surface area contributed by atoms with Gasteiger partial charge in [0, 0.05) is 5.38 Å². The van der Waals surface area contributed by atoms with Crippen LogP contribution in [0.3, 0.4) is 0 Å². The monoisotopic (exact) mass is 517 g/mol. The summed E-state index contributed by atoms with van der Waals surface area (Å²) >= 11 is 0.957. The molecule has 1 fully saturated rings. The third kappa shape index (κ3) is 5.10. The summed E-state index contributed by atoms with van der Waals surface area (Å²) in [6.07, 6.45) is 0. The number of nitrogens with one attached hydrogen (secondary N) is 1. The van der Waals surface area contributed by atoms with E-state index in [1.54, 1.807) is 0 Å². The lowest BCUT2D eigenvalue weighted by Gasteiger charge is -2.43. The summed E-state index contributed by atoms with van der Waals surface area (Å²) in [5.41, 5.74) is 3.17. The maximum absolute atomic E-state index is 13.0. The van der Waals surface area contributed by atoms with Crippen molar-refractivity contribution in [2.75, 3.05) is 5.73 Å². The van der Waals surface area contributed by atoms with Gasteiger partial charge in [-0.1, -0.05) is 5.16 Å². The first-order chi connectivity index (χ1) is 15.7. The summed E-state index contributed by atoms with van der Waals surface area (Å²) in [7, 11) is -4.96. The van der Waals surface area contributed by atoms with Crippen molar-refractivity contribution >= 4 is 50.3 Å². The van der Waals surface area contributed by atoms with Crippen molar-refractivity contribution in [2.45, 2.75) is 45.0 Å². The molecule has 0 aliphatic carbocycles. The Morgan fingerprint density at radius 2 is 2.09 bits per heavy atom. The highest BCUT2D eigenvalue weighted by Gasteiger charge is 2.54. The summed E-state index contributed by atoms with van der Waals surface area (Å²) in [6.45, 7) is 3.56. The van der Waals surface area contributed by atoms with Gasteiger partial charge < -0.3 is 21.0 Å². The number of nitrogens with two attached hydrogens (primary N) is 1. The number of tetrazole rings is 1. The van der Waals surface area contributed by atoms with Gasteiger partial charge in [0.2, 0.25) is 5.60 Å². The van der Waals surface area contributed by atoms with E-state index < -0.39 is 51.5 Å². The van der Waals surface area contributed by atoms with Crippen LogP contribution >= 0.6 is 11.3 Å². The van der Waals surface area contributed by atoms with Crippen molar-refractivity contribution in [3.8, 4) is 0 Å². The zero-order valence-electron chi connectivity index (χ0n) is 17.8. The van der Waals surface area contributed by atoms with E-state index in [4.69, 9.17) is 10.6 Å². The Hall–Kier alpha value is -3.71. The van der Waals surface area contributed by atoms with Crippen molar-refractivity contribution in [1.82, 2.24) is 34.8 Å². The maximum atomic E-state index is 13.0. The summed E-state index contributed by atoms with van der Waals surface area (Å²) < 4.78 is 32.9. The number of aliphatic carboxylic acids is 1. The lowest BCUT2D eigenvalue weighted by atomic mass is 9.98. The minimum Gasteiger partial charge on any atom is -0.478 e. The number of nitrogen functional groups attached to an aromatic ring is 1. The predicted molar refractivity (Wildman–Crippen MR) is 113 cm³/mol. The zero-order chi connectivity index (χ0) is 25.4. The molecule has 0 bridgehead atoms. The van der Waals surface area contributed by atoms with E-state index in [1.165, 1.54) is 26.2 Å². The average Bonchev–Trinajstić information content (AvgIpc) is 3.32. The minimum atomic E-state index is -4.96. The number of carboxylic acids is 1. The molecule has 2 amide bonds. The predicted octanol–water partition coefficient (Wildman–Crippen LogP) is -2.20. The normalized spacial score (nSPS) is 19.0. The molecule has 0 saturated carbocycles. The molecule has 0 unspecified atom stereocenters. The first-order valence-corrected chi connectivity index (χ1v) is 11.5. The van der Waals surface area contributed by atoms with Crippen LogP contribution in [0.15, 0.2) is 10.5 Å². The number of anilines is 1. The first kappa shape index (κ1) is 24.9. The Morgan fingerprint density at radius 3 is 2.59 bits per heavy atom. The second kappa shape index (κ2) is 8.91. The molecule has 2 aromatic rings. The third-order valence-corrected chi connectivity index (χ3v) is 6.09. The fourth-order valence-corrected chi connectivity index (χ4v) is 4.14. The molecule has 1 aliphatic rings. The SMILES string of the molecule is Cc1nnn(C[C@@H]2[C@H](NC(=O)C(=NOC(C)(C)C(=O)O)c3csc(N)n3)C(=O)N2S(=O)(=O)O)n1. The quantitative estimate of drug-likeness (QED) is 0.119. The number of carbonyl (C=O) groups excluding carboxylic acids is 2. The molecule has 17 nitrogen and oxygen atoms in total. The topological polar surface area (TPSA) is 245 Å². The third-order valence-electron chi connectivity index (χ3n) is 4.47. The lowest BCUT2D eigenvalue weighted by molar-refractivity contribution is -0.161. The van der Waals surface area contributed by atoms with Crippen LogP contribution < -0.4 is 11.1 Å². The van der Waals surface area contributed by atoms with Gasteiger partial charge in [-0.3, -0.25) is 14.1 Å². The standard InChI is InChI=1S/C15H19N9O8S2/c1-6-19-22-23(20-6)4-8-10(12(26)24(8)34(29,30)31)18-11(25)9(7-5-33-14(16)17-7)21-32-15(2,3)13(27)28/h5,8,10H,4H2,1-3H3,(H2,16,17)(H,18,25)(H,27,28)(H,29,30,31)/t8-,10+/m1/s1. The van der Waals surface area contributed by atoms with Gasteiger partial charge in [0.05, 0.1) is 6.54 Å². The van der Waals surface area contributed by atoms with Gasteiger partial charge in [-0.15, -0.1) is 21.5 Å². The van der Waals surface area contributed by atoms with Gasteiger partial charge in [0.25, 0.3) is 11.8 Å². The molecule has 2 aromatic heterocycles. The van der Waals surface area contributed by atoms with Crippen LogP contribution in [-0.2, 0) is 36.1 Å². The van der Waals surface area contributed by atoms with E-state index in [9.17, 15) is 32.5 Å².